The van der Waals surface area contributed by atoms with Crippen molar-refractivity contribution in [2.75, 3.05) is 31.1 Å². The van der Waals surface area contributed by atoms with Crippen LogP contribution in [0.4, 0.5) is 5.69 Å². The lowest BCUT2D eigenvalue weighted by Crippen LogP contribution is -2.49. The van der Waals surface area contributed by atoms with Gasteiger partial charge in [0.15, 0.2) is 0 Å². The molecule has 0 aliphatic carbocycles. The average molecular weight is 309 g/mol. The van der Waals surface area contributed by atoms with Crippen molar-refractivity contribution >= 4 is 11.6 Å². The Balaban J connectivity index is 1.69. The van der Waals surface area contributed by atoms with Crippen LogP contribution in [-0.4, -0.2) is 42.0 Å². The van der Waals surface area contributed by atoms with Crippen molar-refractivity contribution in [1.29, 1.82) is 0 Å². The minimum Gasteiger partial charge on any atom is -0.368 e. The molecule has 0 saturated carbocycles. The summed E-state index contributed by atoms with van der Waals surface area (Å²) in [5.41, 5.74) is 5.20. The summed E-state index contributed by atoms with van der Waals surface area (Å²) in [6.45, 7) is 9.29. The number of hydrogen-bond acceptors (Lipinski definition) is 3. The smallest absolute Gasteiger partial charge is 0.254 e. The van der Waals surface area contributed by atoms with Gasteiger partial charge in [0.1, 0.15) is 0 Å². The lowest BCUT2D eigenvalue weighted by molar-refractivity contribution is 0.0746. The Kier molecular flexibility index (Phi) is 4.33. The number of carbonyl (C=O) groups excluding carboxylic acids is 1. The lowest BCUT2D eigenvalue weighted by Gasteiger charge is -2.36. The summed E-state index contributed by atoms with van der Waals surface area (Å²) < 4.78 is 0. The number of nitrogens with zero attached hydrogens (tertiary/aromatic N) is 3. The van der Waals surface area contributed by atoms with Gasteiger partial charge < -0.3 is 9.80 Å². The van der Waals surface area contributed by atoms with Crippen LogP contribution >= 0.6 is 0 Å². The van der Waals surface area contributed by atoms with Crippen LogP contribution in [0.5, 0.6) is 0 Å². The van der Waals surface area contributed by atoms with Crippen LogP contribution in [0, 0.1) is 20.8 Å². The van der Waals surface area contributed by atoms with Gasteiger partial charge in [0, 0.05) is 49.3 Å². The zero-order valence-electron chi connectivity index (χ0n) is 14.0. The highest BCUT2D eigenvalue weighted by molar-refractivity contribution is 5.95. The van der Waals surface area contributed by atoms with Crippen molar-refractivity contribution < 1.29 is 4.79 Å². The summed E-state index contributed by atoms with van der Waals surface area (Å²) in [5.74, 6) is 0.122. The van der Waals surface area contributed by atoms with E-state index in [0.29, 0.717) is 0 Å². The van der Waals surface area contributed by atoms with Crippen LogP contribution in [0.25, 0.3) is 0 Å². The van der Waals surface area contributed by atoms with E-state index in [9.17, 15) is 4.79 Å². The molecule has 1 saturated heterocycles. The first-order valence-electron chi connectivity index (χ1n) is 8.09. The highest BCUT2D eigenvalue weighted by Gasteiger charge is 2.23. The molecule has 1 aromatic carbocycles. The number of carbonyl (C=O) groups is 1. The van der Waals surface area contributed by atoms with Crippen molar-refractivity contribution in [3.8, 4) is 0 Å². The topological polar surface area (TPSA) is 36.4 Å². The third-order valence-electron chi connectivity index (χ3n) is 4.62. The van der Waals surface area contributed by atoms with E-state index in [1.165, 1.54) is 11.3 Å². The number of anilines is 1. The normalized spacial score (nSPS) is 14.9. The molecule has 0 atom stereocenters. The monoisotopic (exact) mass is 309 g/mol. The van der Waals surface area contributed by atoms with Crippen LogP contribution < -0.4 is 4.90 Å². The molecule has 2 heterocycles. The Morgan fingerprint density at radius 2 is 1.78 bits per heavy atom. The van der Waals surface area contributed by atoms with Gasteiger partial charge in [-0.1, -0.05) is 12.1 Å². The third-order valence-corrected chi connectivity index (χ3v) is 4.62. The molecule has 0 spiro atoms. The first kappa shape index (κ1) is 15.5. The Morgan fingerprint density at radius 1 is 1.04 bits per heavy atom. The Bertz CT molecular complexity index is 718. The molecule has 1 amide bonds. The molecular weight excluding hydrogens is 286 g/mol. The van der Waals surface area contributed by atoms with E-state index in [-0.39, 0.29) is 5.91 Å². The zero-order valence-corrected chi connectivity index (χ0v) is 14.0. The molecule has 1 aliphatic heterocycles. The van der Waals surface area contributed by atoms with Crippen LogP contribution in [0.2, 0.25) is 0 Å². The van der Waals surface area contributed by atoms with E-state index in [4.69, 9.17) is 0 Å². The summed E-state index contributed by atoms with van der Waals surface area (Å²) in [6, 6.07) is 10.4. The van der Waals surface area contributed by atoms with Crippen molar-refractivity contribution in [2.24, 2.45) is 0 Å². The number of piperazine rings is 1. The molecule has 23 heavy (non-hydrogen) atoms. The number of rotatable bonds is 2. The fourth-order valence-corrected chi connectivity index (χ4v) is 3.03. The predicted molar refractivity (Wildman–Crippen MR) is 93.0 cm³/mol. The molecule has 1 fully saturated rings. The number of pyridine rings is 1. The van der Waals surface area contributed by atoms with Gasteiger partial charge in [-0.05, 0) is 50.1 Å². The van der Waals surface area contributed by atoms with Gasteiger partial charge >= 0.3 is 0 Å². The molecule has 0 N–H and O–H groups in total. The van der Waals surface area contributed by atoms with Gasteiger partial charge in [-0.15, -0.1) is 0 Å². The van der Waals surface area contributed by atoms with Gasteiger partial charge in [0.25, 0.3) is 5.91 Å². The largest absolute Gasteiger partial charge is 0.368 e. The number of aryl methyl sites for hydroxylation is 2. The molecule has 2 aromatic rings. The molecule has 0 unspecified atom stereocenters. The van der Waals surface area contributed by atoms with Gasteiger partial charge in [-0.25, -0.2) is 0 Å². The second kappa shape index (κ2) is 6.41. The fourth-order valence-electron chi connectivity index (χ4n) is 3.03. The van der Waals surface area contributed by atoms with Gasteiger partial charge in [0.05, 0.1) is 0 Å². The SMILES string of the molecule is Cc1cccc(N2CCN(C(=O)c3ccnc(C)c3C)CC2)c1. The highest BCUT2D eigenvalue weighted by Crippen LogP contribution is 2.19. The lowest BCUT2D eigenvalue weighted by atomic mass is 10.1. The van der Waals surface area contributed by atoms with E-state index in [0.717, 1.165) is 43.0 Å². The van der Waals surface area contributed by atoms with Gasteiger partial charge in [-0.3, -0.25) is 9.78 Å². The second-order valence-corrected chi connectivity index (χ2v) is 6.19. The molecule has 0 radical (unpaired) electrons. The number of amides is 1. The Morgan fingerprint density at radius 3 is 2.48 bits per heavy atom. The maximum Gasteiger partial charge on any atom is 0.254 e. The second-order valence-electron chi connectivity index (χ2n) is 6.19. The summed E-state index contributed by atoms with van der Waals surface area (Å²) in [7, 11) is 0. The van der Waals surface area contributed by atoms with E-state index >= 15 is 0 Å². The average Bonchev–Trinajstić information content (AvgIpc) is 2.57. The van der Waals surface area contributed by atoms with Crippen LogP contribution in [0.3, 0.4) is 0 Å². The standard InChI is InChI=1S/C19H23N3O/c1-14-5-4-6-17(13-14)21-9-11-22(12-10-21)19(23)18-7-8-20-16(3)15(18)2/h4-8,13H,9-12H2,1-3H3. The maximum absolute atomic E-state index is 12.7. The summed E-state index contributed by atoms with van der Waals surface area (Å²) in [6.07, 6.45) is 1.72. The van der Waals surface area contributed by atoms with Crippen molar-refractivity contribution in [2.45, 2.75) is 20.8 Å². The molecule has 3 rings (SSSR count). The number of benzene rings is 1. The van der Waals surface area contributed by atoms with Crippen molar-refractivity contribution in [1.82, 2.24) is 9.88 Å². The quantitative estimate of drug-likeness (QED) is 0.856. The van der Waals surface area contributed by atoms with E-state index in [1.54, 1.807) is 6.20 Å². The number of hydrogen-bond donors (Lipinski definition) is 0. The molecule has 4 nitrogen and oxygen atoms in total. The molecule has 1 aliphatic rings. The fraction of sp³-hybridized carbons (Fsp3) is 0.368. The van der Waals surface area contributed by atoms with E-state index in [1.807, 2.05) is 24.8 Å². The first-order valence-corrected chi connectivity index (χ1v) is 8.09. The predicted octanol–water partition coefficient (Wildman–Crippen LogP) is 2.97. The van der Waals surface area contributed by atoms with Crippen molar-refractivity contribution in [3.63, 3.8) is 0 Å². The third kappa shape index (κ3) is 3.21. The molecule has 1 aromatic heterocycles. The molecule has 120 valence electrons. The minimum atomic E-state index is 0.122. The van der Waals surface area contributed by atoms with E-state index < -0.39 is 0 Å². The Labute approximate surface area is 137 Å². The maximum atomic E-state index is 12.7. The molecular formula is C19H23N3O. The molecule has 0 bridgehead atoms. The Hall–Kier alpha value is -2.36. The van der Waals surface area contributed by atoms with Crippen LogP contribution in [-0.2, 0) is 0 Å². The van der Waals surface area contributed by atoms with Crippen LogP contribution in [0.15, 0.2) is 36.5 Å². The number of aromatic nitrogens is 1. The molecule has 4 heteroatoms. The zero-order chi connectivity index (χ0) is 16.4. The van der Waals surface area contributed by atoms with Crippen LogP contribution in [0.1, 0.15) is 27.2 Å². The van der Waals surface area contributed by atoms with Crippen molar-refractivity contribution in [3.05, 3.63) is 58.9 Å². The summed E-state index contributed by atoms with van der Waals surface area (Å²) in [4.78, 5) is 21.3. The minimum absolute atomic E-state index is 0.122. The van der Waals surface area contributed by atoms with Gasteiger partial charge in [-0.2, -0.15) is 0 Å². The van der Waals surface area contributed by atoms with E-state index in [2.05, 4.69) is 41.1 Å². The summed E-state index contributed by atoms with van der Waals surface area (Å²) in [5, 5.41) is 0. The van der Waals surface area contributed by atoms with Gasteiger partial charge in [0.2, 0.25) is 0 Å². The first-order chi connectivity index (χ1) is 11.1. The summed E-state index contributed by atoms with van der Waals surface area (Å²) >= 11 is 0. The highest BCUT2D eigenvalue weighted by atomic mass is 16.2.